The molecule has 76 valence electrons. The Balaban J connectivity index is 2.57. The second-order valence-corrected chi connectivity index (χ2v) is 4.45. The van der Waals surface area contributed by atoms with E-state index in [1.165, 1.54) is 0 Å². The topological polar surface area (TPSA) is 17.1 Å². The van der Waals surface area contributed by atoms with Crippen molar-refractivity contribution in [3.05, 3.63) is 35.9 Å². The molecule has 0 saturated carbocycles. The number of carbonyl (C=O) groups is 1. The van der Waals surface area contributed by atoms with Crippen LogP contribution in [0.3, 0.4) is 0 Å². The molecule has 0 bridgehead atoms. The van der Waals surface area contributed by atoms with Gasteiger partial charge in [-0.1, -0.05) is 66.0 Å². The zero-order valence-corrected chi connectivity index (χ0v) is 9.96. The molecule has 0 spiro atoms. The number of halogens is 1. The van der Waals surface area contributed by atoms with Gasteiger partial charge in [0.15, 0.2) is 5.78 Å². The first kappa shape index (κ1) is 11.4. The number of hydrogen-bond donors (Lipinski definition) is 0. The van der Waals surface area contributed by atoms with Gasteiger partial charge in [0.05, 0.1) is 4.83 Å². The highest BCUT2D eigenvalue weighted by atomic mass is 79.9. The summed E-state index contributed by atoms with van der Waals surface area (Å²) >= 11 is 3.43. The lowest BCUT2D eigenvalue weighted by atomic mass is 10.1. The van der Waals surface area contributed by atoms with Crippen LogP contribution in [0, 0.1) is 0 Å². The van der Waals surface area contributed by atoms with E-state index < -0.39 is 0 Å². The van der Waals surface area contributed by atoms with Crippen LogP contribution >= 0.6 is 15.9 Å². The molecule has 1 nitrogen and oxygen atoms in total. The van der Waals surface area contributed by atoms with Crippen molar-refractivity contribution in [2.75, 3.05) is 0 Å². The summed E-state index contributed by atoms with van der Waals surface area (Å²) in [5.74, 6) is 0.194. The molecule has 0 radical (unpaired) electrons. The van der Waals surface area contributed by atoms with E-state index in [4.69, 9.17) is 0 Å². The van der Waals surface area contributed by atoms with Crippen LogP contribution in [-0.2, 0) is 0 Å². The summed E-state index contributed by atoms with van der Waals surface area (Å²) in [4.78, 5) is 11.8. The Morgan fingerprint density at radius 1 is 1.36 bits per heavy atom. The van der Waals surface area contributed by atoms with Crippen LogP contribution in [-0.4, -0.2) is 10.6 Å². The van der Waals surface area contributed by atoms with E-state index >= 15 is 0 Å². The molecule has 0 aliphatic heterocycles. The predicted molar refractivity (Wildman–Crippen MR) is 63.0 cm³/mol. The van der Waals surface area contributed by atoms with Gasteiger partial charge in [-0.2, -0.15) is 0 Å². The van der Waals surface area contributed by atoms with Crippen molar-refractivity contribution >= 4 is 21.7 Å². The quantitative estimate of drug-likeness (QED) is 0.577. The van der Waals surface area contributed by atoms with Crippen molar-refractivity contribution in [3.8, 4) is 0 Å². The molecule has 14 heavy (non-hydrogen) atoms. The first-order valence-corrected chi connectivity index (χ1v) is 5.90. The van der Waals surface area contributed by atoms with Gasteiger partial charge in [-0.05, 0) is 6.42 Å². The van der Waals surface area contributed by atoms with Crippen LogP contribution in [0.25, 0.3) is 0 Å². The number of ketones is 1. The molecule has 0 amide bonds. The van der Waals surface area contributed by atoms with Crippen molar-refractivity contribution in [2.45, 2.75) is 31.0 Å². The fraction of sp³-hybridized carbons (Fsp3) is 0.417. The molecule has 1 aromatic rings. The van der Waals surface area contributed by atoms with E-state index in [-0.39, 0.29) is 10.6 Å². The minimum Gasteiger partial charge on any atom is -0.293 e. The van der Waals surface area contributed by atoms with E-state index in [2.05, 4.69) is 22.9 Å². The zero-order valence-electron chi connectivity index (χ0n) is 8.37. The van der Waals surface area contributed by atoms with Crippen molar-refractivity contribution in [1.29, 1.82) is 0 Å². The highest BCUT2D eigenvalue weighted by Gasteiger charge is 2.15. The fourth-order valence-corrected chi connectivity index (χ4v) is 1.89. The third kappa shape index (κ3) is 3.26. The lowest BCUT2D eigenvalue weighted by Crippen LogP contribution is -2.13. The van der Waals surface area contributed by atoms with Gasteiger partial charge in [0.25, 0.3) is 0 Å². The largest absolute Gasteiger partial charge is 0.293 e. The Bertz CT molecular complexity index is 282. The van der Waals surface area contributed by atoms with Gasteiger partial charge >= 0.3 is 0 Å². The molecule has 0 saturated heterocycles. The molecule has 0 aliphatic rings. The Morgan fingerprint density at radius 3 is 2.57 bits per heavy atom. The van der Waals surface area contributed by atoms with Crippen LogP contribution in [0.1, 0.15) is 36.5 Å². The minimum atomic E-state index is -0.0233. The first-order valence-electron chi connectivity index (χ1n) is 4.99. The molecular formula is C12H15BrO. The van der Waals surface area contributed by atoms with Gasteiger partial charge in [0.1, 0.15) is 0 Å². The van der Waals surface area contributed by atoms with Crippen molar-refractivity contribution in [2.24, 2.45) is 0 Å². The molecule has 1 rings (SSSR count). The summed E-state index contributed by atoms with van der Waals surface area (Å²) in [6, 6.07) is 9.44. The van der Waals surface area contributed by atoms with Crippen LogP contribution in [0.15, 0.2) is 30.3 Å². The lowest BCUT2D eigenvalue weighted by molar-refractivity contribution is 0.0988. The number of unbranched alkanes of at least 4 members (excludes halogenated alkanes) is 1. The van der Waals surface area contributed by atoms with E-state index in [9.17, 15) is 4.79 Å². The van der Waals surface area contributed by atoms with Crippen molar-refractivity contribution in [3.63, 3.8) is 0 Å². The Labute approximate surface area is 93.7 Å². The van der Waals surface area contributed by atoms with Gasteiger partial charge < -0.3 is 0 Å². The maximum absolute atomic E-state index is 11.8. The van der Waals surface area contributed by atoms with Gasteiger partial charge in [-0.25, -0.2) is 0 Å². The molecule has 0 aromatic heterocycles. The van der Waals surface area contributed by atoms with Gasteiger partial charge in [-0.3, -0.25) is 4.79 Å². The Kier molecular flexibility index (Phi) is 4.88. The SMILES string of the molecule is CCCCC(Br)C(=O)c1ccccc1. The minimum absolute atomic E-state index is 0.0233. The summed E-state index contributed by atoms with van der Waals surface area (Å²) in [5, 5.41) is 0. The number of rotatable bonds is 5. The van der Waals surface area contributed by atoms with Gasteiger partial charge in [-0.15, -0.1) is 0 Å². The highest BCUT2D eigenvalue weighted by molar-refractivity contribution is 9.10. The number of benzene rings is 1. The van der Waals surface area contributed by atoms with E-state index in [1.807, 2.05) is 30.3 Å². The van der Waals surface area contributed by atoms with Crippen LogP contribution < -0.4 is 0 Å². The number of carbonyl (C=O) groups excluding carboxylic acids is 1. The maximum atomic E-state index is 11.8. The molecule has 0 N–H and O–H groups in total. The summed E-state index contributed by atoms with van der Waals surface area (Å²) in [6.45, 7) is 2.13. The Morgan fingerprint density at radius 2 is 2.00 bits per heavy atom. The van der Waals surface area contributed by atoms with E-state index in [0.717, 1.165) is 24.8 Å². The molecule has 0 heterocycles. The van der Waals surface area contributed by atoms with Gasteiger partial charge in [0.2, 0.25) is 0 Å². The monoisotopic (exact) mass is 254 g/mol. The van der Waals surface area contributed by atoms with E-state index in [1.54, 1.807) is 0 Å². The number of hydrogen-bond acceptors (Lipinski definition) is 1. The van der Waals surface area contributed by atoms with Crippen molar-refractivity contribution < 1.29 is 4.79 Å². The smallest absolute Gasteiger partial charge is 0.176 e. The van der Waals surface area contributed by atoms with Crippen molar-refractivity contribution in [1.82, 2.24) is 0 Å². The van der Waals surface area contributed by atoms with Gasteiger partial charge in [0, 0.05) is 5.56 Å². The molecule has 1 unspecified atom stereocenters. The molecule has 0 fully saturated rings. The molecule has 2 heteroatoms. The molecule has 0 aliphatic carbocycles. The summed E-state index contributed by atoms with van der Waals surface area (Å²) in [5.41, 5.74) is 0.797. The molecule has 1 atom stereocenters. The Hall–Kier alpha value is -0.630. The zero-order chi connectivity index (χ0) is 10.4. The maximum Gasteiger partial charge on any atom is 0.176 e. The summed E-state index contributed by atoms with van der Waals surface area (Å²) in [6.07, 6.45) is 3.14. The second-order valence-electron chi connectivity index (χ2n) is 3.34. The average Bonchev–Trinajstić information content (AvgIpc) is 2.26. The first-order chi connectivity index (χ1) is 6.75. The van der Waals surface area contributed by atoms with Crippen LogP contribution in [0.4, 0.5) is 0 Å². The van der Waals surface area contributed by atoms with E-state index in [0.29, 0.717) is 0 Å². The third-order valence-electron chi connectivity index (χ3n) is 2.15. The molecule has 1 aromatic carbocycles. The standard InChI is InChI=1S/C12H15BrO/c1-2-3-9-11(13)12(14)10-7-5-4-6-8-10/h4-8,11H,2-3,9H2,1H3. The van der Waals surface area contributed by atoms with Crippen LogP contribution in [0.5, 0.6) is 0 Å². The summed E-state index contributed by atoms with van der Waals surface area (Å²) in [7, 11) is 0. The normalized spacial score (nSPS) is 12.4. The fourth-order valence-electron chi connectivity index (χ4n) is 1.30. The summed E-state index contributed by atoms with van der Waals surface area (Å²) < 4.78 is 0. The molecular weight excluding hydrogens is 240 g/mol. The highest BCUT2D eigenvalue weighted by Crippen LogP contribution is 2.15. The average molecular weight is 255 g/mol. The lowest BCUT2D eigenvalue weighted by Gasteiger charge is -2.07. The third-order valence-corrected chi connectivity index (χ3v) is 3.03. The number of alkyl halides is 1. The van der Waals surface area contributed by atoms with Crippen LogP contribution in [0.2, 0.25) is 0 Å². The number of Topliss-reactive ketones (excluding diaryl/α,β-unsaturated/α-hetero) is 1. The predicted octanol–water partition coefficient (Wildman–Crippen LogP) is 3.82. The second kappa shape index (κ2) is 5.97.